The summed E-state index contributed by atoms with van der Waals surface area (Å²) in [7, 11) is -2.95. The predicted octanol–water partition coefficient (Wildman–Crippen LogP) is 1.59. The van der Waals surface area contributed by atoms with E-state index in [2.05, 4.69) is 4.98 Å². The maximum absolute atomic E-state index is 11.1. The highest BCUT2D eigenvalue weighted by molar-refractivity contribution is 7.90. The quantitative estimate of drug-likeness (QED) is 0.828. The van der Waals surface area contributed by atoms with Gasteiger partial charge in [0.05, 0.1) is 5.75 Å². The third kappa shape index (κ3) is 3.17. The van der Waals surface area contributed by atoms with Crippen molar-refractivity contribution < 1.29 is 8.42 Å². The molecule has 0 aliphatic rings. The summed E-state index contributed by atoms with van der Waals surface area (Å²) < 4.78 is 24.1. The van der Waals surface area contributed by atoms with Crippen molar-refractivity contribution in [1.82, 2.24) is 9.55 Å². The molecule has 90 valence electrons. The van der Waals surface area contributed by atoms with Gasteiger partial charge in [-0.15, -0.1) is 0 Å². The number of sulfone groups is 1. The largest absolute Gasteiger partial charge is 0.330 e. The summed E-state index contributed by atoms with van der Waals surface area (Å²) in [6.45, 7) is 0.434. The average Bonchev–Trinajstić information content (AvgIpc) is 2.75. The molecule has 17 heavy (non-hydrogen) atoms. The molecule has 0 radical (unpaired) electrons. The van der Waals surface area contributed by atoms with Gasteiger partial charge < -0.3 is 4.57 Å². The Morgan fingerprint density at radius 1 is 1.24 bits per heavy atom. The van der Waals surface area contributed by atoms with Gasteiger partial charge in [0, 0.05) is 30.8 Å². The van der Waals surface area contributed by atoms with Gasteiger partial charge in [0.15, 0.2) is 0 Å². The van der Waals surface area contributed by atoms with E-state index in [0.717, 1.165) is 11.4 Å². The van der Waals surface area contributed by atoms with Crippen molar-refractivity contribution in [3.8, 4) is 11.4 Å². The van der Waals surface area contributed by atoms with Gasteiger partial charge in [0.2, 0.25) is 0 Å². The van der Waals surface area contributed by atoms with Gasteiger partial charge in [-0.1, -0.05) is 30.3 Å². The Bertz CT molecular complexity index is 588. The van der Waals surface area contributed by atoms with Gasteiger partial charge in [0.25, 0.3) is 0 Å². The van der Waals surface area contributed by atoms with E-state index in [1.54, 1.807) is 12.4 Å². The summed E-state index contributed by atoms with van der Waals surface area (Å²) >= 11 is 0. The number of nitrogens with zero attached hydrogens (tertiary/aromatic N) is 2. The molecule has 1 aromatic carbocycles. The minimum Gasteiger partial charge on any atom is -0.330 e. The number of hydrogen-bond donors (Lipinski definition) is 0. The van der Waals surface area contributed by atoms with Crippen LogP contribution in [-0.2, 0) is 16.4 Å². The SMILES string of the molecule is CS(=O)(=O)CCn1ccnc1-c1ccccc1. The van der Waals surface area contributed by atoms with Crippen LogP contribution >= 0.6 is 0 Å². The zero-order valence-corrected chi connectivity index (χ0v) is 10.4. The van der Waals surface area contributed by atoms with E-state index in [1.807, 2.05) is 34.9 Å². The molecule has 2 aromatic rings. The monoisotopic (exact) mass is 250 g/mol. The molecule has 0 fully saturated rings. The van der Waals surface area contributed by atoms with E-state index in [0.29, 0.717) is 6.54 Å². The molecule has 0 aliphatic heterocycles. The van der Waals surface area contributed by atoms with Gasteiger partial charge >= 0.3 is 0 Å². The van der Waals surface area contributed by atoms with Crippen LogP contribution in [0.2, 0.25) is 0 Å². The molecule has 0 atom stereocenters. The van der Waals surface area contributed by atoms with Crippen LogP contribution < -0.4 is 0 Å². The van der Waals surface area contributed by atoms with Crippen molar-refractivity contribution in [3.63, 3.8) is 0 Å². The molecule has 2 rings (SSSR count). The van der Waals surface area contributed by atoms with Crippen LogP contribution in [0, 0.1) is 0 Å². The molecule has 1 heterocycles. The number of benzene rings is 1. The molecule has 5 heteroatoms. The van der Waals surface area contributed by atoms with Crippen LogP contribution in [0.4, 0.5) is 0 Å². The molecule has 0 N–H and O–H groups in total. The maximum atomic E-state index is 11.1. The fourth-order valence-corrected chi connectivity index (χ4v) is 2.13. The van der Waals surface area contributed by atoms with Crippen molar-refractivity contribution in [2.75, 3.05) is 12.0 Å². The van der Waals surface area contributed by atoms with Crippen molar-refractivity contribution in [2.24, 2.45) is 0 Å². The minimum atomic E-state index is -2.95. The van der Waals surface area contributed by atoms with E-state index >= 15 is 0 Å². The Balaban J connectivity index is 2.24. The van der Waals surface area contributed by atoms with Crippen molar-refractivity contribution in [1.29, 1.82) is 0 Å². The van der Waals surface area contributed by atoms with Crippen LogP contribution in [0.15, 0.2) is 42.7 Å². The number of aromatic nitrogens is 2. The second-order valence-corrected chi connectivity index (χ2v) is 6.20. The molecule has 1 aromatic heterocycles. The first-order chi connectivity index (χ1) is 8.06. The van der Waals surface area contributed by atoms with E-state index < -0.39 is 9.84 Å². The Morgan fingerprint density at radius 3 is 2.59 bits per heavy atom. The summed E-state index contributed by atoms with van der Waals surface area (Å²) in [4.78, 5) is 4.26. The number of rotatable bonds is 4. The Labute approximate surface area is 101 Å². The van der Waals surface area contributed by atoms with Crippen LogP contribution in [0.25, 0.3) is 11.4 Å². The van der Waals surface area contributed by atoms with Crippen molar-refractivity contribution in [2.45, 2.75) is 6.54 Å². The first kappa shape index (κ1) is 11.9. The summed E-state index contributed by atoms with van der Waals surface area (Å²) in [5, 5.41) is 0. The molecule has 0 unspecified atom stereocenters. The zero-order chi connectivity index (χ0) is 12.3. The smallest absolute Gasteiger partial charge is 0.149 e. The summed E-state index contributed by atoms with van der Waals surface area (Å²) in [5.74, 6) is 0.928. The first-order valence-corrected chi connectivity index (χ1v) is 7.36. The highest BCUT2D eigenvalue weighted by Crippen LogP contribution is 2.16. The Morgan fingerprint density at radius 2 is 1.94 bits per heavy atom. The van der Waals surface area contributed by atoms with Crippen LogP contribution in [0.1, 0.15) is 0 Å². The molecule has 0 saturated heterocycles. The molecule has 0 amide bonds. The molecule has 0 aliphatic carbocycles. The van der Waals surface area contributed by atoms with E-state index in [-0.39, 0.29) is 5.75 Å². The third-order valence-electron chi connectivity index (χ3n) is 2.45. The van der Waals surface area contributed by atoms with Crippen LogP contribution in [0.5, 0.6) is 0 Å². The highest BCUT2D eigenvalue weighted by atomic mass is 32.2. The third-order valence-corrected chi connectivity index (χ3v) is 3.37. The van der Waals surface area contributed by atoms with E-state index in [9.17, 15) is 8.42 Å². The standard InChI is InChI=1S/C12H14N2O2S/c1-17(15,16)10-9-14-8-7-13-12(14)11-5-3-2-4-6-11/h2-8H,9-10H2,1H3. The molecule has 0 spiro atoms. The lowest BCUT2D eigenvalue weighted by Gasteiger charge is -2.06. The van der Waals surface area contributed by atoms with Gasteiger partial charge in [-0.25, -0.2) is 13.4 Å². The van der Waals surface area contributed by atoms with Crippen LogP contribution in [-0.4, -0.2) is 30.0 Å². The lowest BCUT2D eigenvalue weighted by atomic mass is 10.2. The molecular formula is C12H14N2O2S. The van der Waals surface area contributed by atoms with Crippen LogP contribution in [0.3, 0.4) is 0 Å². The predicted molar refractivity (Wildman–Crippen MR) is 67.4 cm³/mol. The maximum Gasteiger partial charge on any atom is 0.149 e. The van der Waals surface area contributed by atoms with E-state index in [4.69, 9.17) is 0 Å². The lowest BCUT2D eigenvalue weighted by Crippen LogP contribution is -2.11. The lowest BCUT2D eigenvalue weighted by molar-refractivity contribution is 0.595. The molecular weight excluding hydrogens is 236 g/mol. The first-order valence-electron chi connectivity index (χ1n) is 5.30. The van der Waals surface area contributed by atoms with E-state index in [1.165, 1.54) is 6.26 Å². The number of imidazole rings is 1. The Kier molecular flexibility index (Phi) is 3.28. The van der Waals surface area contributed by atoms with Gasteiger partial charge in [0.1, 0.15) is 15.7 Å². The number of aryl methyl sites for hydroxylation is 1. The zero-order valence-electron chi connectivity index (χ0n) is 9.57. The van der Waals surface area contributed by atoms with Gasteiger partial charge in [-0.2, -0.15) is 0 Å². The fraction of sp³-hybridized carbons (Fsp3) is 0.250. The summed E-state index contributed by atoms with van der Waals surface area (Å²) in [6, 6.07) is 9.72. The second kappa shape index (κ2) is 4.71. The van der Waals surface area contributed by atoms with Gasteiger partial charge in [-0.3, -0.25) is 0 Å². The second-order valence-electron chi connectivity index (χ2n) is 3.94. The minimum absolute atomic E-state index is 0.128. The highest BCUT2D eigenvalue weighted by Gasteiger charge is 2.08. The summed E-state index contributed by atoms with van der Waals surface area (Å²) in [5.41, 5.74) is 0.992. The topological polar surface area (TPSA) is 52.0 Å². The van der Waals surface area contributed by atoms with Crippen molar-refractivity contribution in [3.05, 3.63) is 42.7 Å². The fourth-order valence-electron chi connectivity index (χ4n) is 1.60. The Hall–Kier alpha value is -1.62. The van der Waals surface area contributed by atoms with Gasteiger partial charge in [-0.05, 0) is 0 Å². The normalized spacial score (nSPS) is 11.6. The molecule has 4 nitrogen and oxygen atoms in total. The van der Waals surface area contributed by atoms with Crippen molar-refractivity contribution >= 4 is 9.84 Å². The average molecular weight is 250 g/mol. The molecule has 0 bridgehead atoms. The summed E-state index contributed by atoms with van der Waals surface area (Å²) in [6.07, 6.45) is 4.73. The number of hydrogen-bond acceptors (Lipinski definition) is 3. The molecule has 0 saturated carbocycles.